The summed E-state index contributed by atoms with van der Waals surface area (Å²) in [7, 11) is 0.0479. The molecule has 2 amide bonds. The number of esters is 1. The number of ether oxygens (including phenoxy) is 2. The predicted molar refractivity (Wildman–Crippen MR) is 153 cm³/mol. The topological polar surface area (TPSA) is 115 Å². The van der Waals surface area contributed by atoms with Crippen LogP contribution in [0.3, 0.4) is 0 Å². The minimum absolute atomic E-state index is 0.132. The Bertz CT molecular complexity index is 1180. The van der Waals surface area contributed by atoms with Crippen molar-refractivity contribution in [3.05, 3.63) is 53.1 Å². The maximum absolute atomic E-state index is 12.5. The van der Waals surface area contributed by atoms with Gasteiger partial charge in [0.2, 0.25) is 6.41 Å². The summed E-state index contributed by atoms with van der Waals surface area (Å²) in [5, 5.41) is 7.19. The van der Waals surface area contributed by atoms with E-state index in [1.807, 2.05) is 49.4 Å². The van der Waals surface area contributed by atoms with Crippen LogP contribution in [0.4, 0.5) is 0 Å². The highest BCUT2D eigenvalue weighted by molar-refractivity contribution is 9.12. The lowest BCUT2D eigenvalue weighted by Gasteiger charge is -2.27. The number of carbonyl (C=O) groups is 3. The third kappa shape index (κ3) is 8.98. The second kappa shape index (κ2) is 14.7. The number of carbonyl (C=O) groups excluding carboxylic acids is 3. The molecule has 212 valence electrons. The van der Waals surface area contributed by atoms with E-state index in [0.29, 0.717) is 18.6 Å². The first-order valence-electron chi connectivity index (χ1n) is 12.6. The van der Waals surface area contributed by atoms with Crippen LogP contribution in [0.5, 0.6) is 5.75 Å². The number of nitrogens with one attached hydrogen (secondary N) is 2. The van der Waals surface area contributed by atoms with E-state index in [1.54, 1.807) is 38.9 Å². The molecule has 1 saturated heterocycles. The molecule has 39 heavy (non-hydrogen) atoms. The van der Waals surface area contributed by atoms with Gasteiger partial charge in [-0.15, -0.1) is 0 Å². The Balaban J connectivity index is 1.69. The number of benzene rings is 2. The maximum Gasteiger partial charge on any atom is 0.323 e. The number of halogens is 1. The summed E-state index contributed by atoms with van der Waals surface area (Å²) in [6.07, 6.45) is 1.81. The van der Waals surface area contributed by atoms with Crippen LogP contribution in [0.15, 0.2) is 53.1 Å². The Morgan fingerprint density at radius 3 is 2.64 bits per heavy atom. The summed E-state index contributed by atoms with van der Waals surface area (Å²) >= 11 is 3.18. The van der Waals surface area contributed by atoms with Crippen molar-refractivity contribution < 1.29 is 32.9 Å². The van der Waals surface area contributed by atoms with Gasteiger partial charge in [0.1, 0.15) is 18.0 Å². The van der Waals surface area contributed by atoms with Crippen LogP contribution in [-0.2, 0) is 28.4 Å². The smallest absolute Gasteiger partial charge is 0.323 e. The van der Waals surface area contributed by atoms with Gasteiger partial charge >= 0.3 is 14.5 Å². The molecule has 4 unspecified atom stereocenters. The minimum Gasteiger partial charge on any atom is -0.462 e. The van der Waals surface area contributed by atoms with Crippen molar-refractivity contribution in [2.24, 2.45) is 5.92 Å². The van der Waals surface area contributed by atoms with Gasteiger partial charge in [0.15, 0.2) is 0 Å². The summed E-state index contributed by atoms with van der Waals surface area (Å²) in [5.74, 6) is -0.175. The number of imide groups is 1. The summed E-state index contributed by atoms with van der Waals surface area (Å²) in [4.78, 5) is 36.6. The fraction of sp³-hybridized carbons (Fsp3) is 0.444. The van der Waals surface area contributed by atoms with Crippen LogP contribution < -0.4 is 14.9 Å². The first kappa shape index (κ1) is 31.0. The fourth-order valence-electron chi connectivity index (χ4n) is 4.11. The highest BCUT2D eigenvalue weighted by Gasteiger charge is 2.35. The molecule has 2 aromatic carbocycles. The number of fused-ring (bicyclic) bond motifs is 1. The summed E-state index contributed by atoms with van der Waals surface area (Å²) in [6.45, 7) is 7.57. The summed E-state index contributed by atoms with van der Waals surface area (Å²) in [5.41, 5.74) is 0. The van der Waals surface area contributed by atoms with E-state index in [1.165, 1.54) is 0 Å². The SMILES string of the molecule is CC(C)OC(=O)C(C)N[P@](OCC1CC(C)C(N(C)/C=C(/Br)C(=O)NC=O)O1)Oc1cccc2ccccc12. The number of amides is 2. The van der Waals surface area contributed by atoms with E-state index >= 15 is 0 Å². The lowest BCUT2D eigenvalue weighted by molar-refractivity contribution is -0.149. The van der Waals surface area contributed by atoms with Crippen molar-refractivity contribution in [3.8, 4) is 5.75 Å². The molecule has 2 aromatic rings. The second-order valence-electron chi connectivity index (χ2n) is 9.55. The van der Waals surface area contributed by atoms with E-state index in [2.05, 4.69) is 26.3 Å². The number of nitrogens with zero attached hydrogens (tertiary/aromatic N) is 1. The first-order valence-corrected chi connectivity index (χ1v) is 14.6. The van der Waals surface area contributed by atoms with Gasteiger partial charge in [-0.05, 0) is 54.6 Å². The van der Waals surface area contributed by atoms with E-state index in [9.17, 15) is 14.4 Å². The van der Waals surface area contributed by atoms with Gasteiger partial charge in [-0.1, -0.05) is 43.3 Å². The van der Waals surface area contributed by atoms with E-state index in [4.69, 9.17) is 18.5 Å². The normalized spacial score (nSPS) is 20.9. The molecule has 0 radical (unpaired) electrons. The molecule has 3 rings (SSSR count). The molecule has 1 aliphatic heterocycles. The third-order valence-electron chi connectivity index (χ3n) is 5.89. The van der Waals surface area contributed by atoms with Gasteiger partial charge in [-0.3, -0.25) is 19.7 Å². The summed E-state index contributed by atoms with van der Waals surface area (Å²) < 4.78 is 24.2. The van der Waals surface area contributed by atoms with Crippen LogP contribution in [-0.4, -0.2) is 61.3 Å². The van der Waals surface area contributed by atoms with E-state index < -0.39 is 26.4 Å². The van der Waals surface area contributed by atoms with Crippen molar-refractivity contribution in [3.63, 3.8) is 0 Å². The van der Waals surface area contributed by atoms with Gasteiger partial charge in [0.25, 0.3) is 5.91 Å². The molecule has 0 aromatic heterocycles. The molecular formula is C27H35BrN3O7P. The Kier molecular flexibility index (Phi) is 11.7. The zero-order chi connectivity index (χ0) is 28.5. The second-order valence-corrected chi connectivity index (χ2v) is 11.6. The minimum atomic E-state index is -1.74. The first-order chi connectivity index (χ1) is 18.6. The molecule has 0 aliphatic carbocycles. The molecule has 2 N–H and O–H groups in total. The van der Waals surface area contributed by atoms with Crippen molar-refractivity contribution in [1.82, 2.24) is 15.3 Å². The van der Waals surface area contributed by atoms with E-state index in [0.717, 1.165) is 10.8 Å². The van der Waals surface area contributed by atoms with Crippen LogP contribution in [0.25, 0.3) is 10.8 Å². The lowest BCUT2D eigenvalue weighted by atomic mass is 10.1. The molecule has 1 fully saturated rings. The Morgan fingerprint density at radius 2 is 1.92 bits per heavy atom. The molecule has 0 bridgehead atoms. The monoisotopic (exact) mass is 623 g/mol. The molecule has 5 atom stereocenters. The molecule has 0 saturated carbocycles. The van der Waals surface area contributed by atoms with Crippen LogP contribution in [0.2, 0.25) is 0 Å². The number of hydrogen-bond acceptors (Lipinski definition) is 9. The van der Waals surface area contributed by atoms with Gasteiger partial charge in [0, 0.05) is 24.6 Å². The van der Waals surface area contributed by atoms with Gasteiger partial charge in [-0.2, -0.15) is 0 Å². The quantitative estimate of drug-likeness (QED) is 0.143. The molecule has 1 aliphatic rings. The Morgan fingerprint density at radius 1 is 1.21 bits per heavy atom. The molecule has 12 heteroatoms. The molecular weight excluding hydrogens is 589 g/mol. The van der Waals surface area contributed by atoms with Gasteiger partial charge < -0.3 is 23.4 Å². The zero-order valence-electron chi connectivity index (χ0n) is 22.6. The van der Waals surface area contributed by atoms with Crippen LogP contribution >= 0.6 is 24.5 Å². The highest BCUT2D eigenvalue weighted by Crippen LogP contribution is 2.41. The van der Waals surface area contributed by atoms with E-state index in [-0.39, 0.29) is 35.4 Å². The molecule has 10 nitrogen and oxygen atoms in total. The van der Waals surface area contributed by atoms with Gasteiger partial charge in [-0.25, -0.2) is 5.09 Å². The number of hydrogen-bond donors (Lipinski definition) is 2. The maximum atomic E-state index is 12.5. The van der Waals surface area contributed by atoms with Crippen molar-refractivity contribution in [2.45, 2.75) is 58.6 Å². The predicted octanol–water partition coefficient (Wildman–Crippen LogP) is 4.58. The van der Waals surface area contributed by atoms with Gasteiger partial charge in [0.05, 0.1) is 23.3 Å². The Hall–Kier alpha value is -2.56. The van der Waals surface area contributed by atoms with Crippen LogP contribution in [0.1, 0.15) is 34.1 Å². The third-order valence-corrected chi connectivity index (χ3v) is 7.80. The Labute approximate surface area is 238 Å². The van der Waals surface area contributed by atoms with Crippen molar-refractivity contribution >= 4 is 53.5 Å². The zero-order valence-corrected chi connectivity index (χ0v) is 25.1. The largest absolute Gasteiger partial charge is 0.462 e. The van der Waals surface area contributed by atoms with Crippen LogP contribution in [0, 0.1) is 5.92 Å². The van der Waals surface area contributed by atoms with Crippen molar-refractivity contribution in [1.29, 1.82) is 0 Å². The average molecular weight is 624 g/mol. The molecule has 0 spiro atoms. The van der Waals surface area contributed by atoms with Crippen molar-refractivity contribution in [2.75, 3.05) is 13.7 Å². The molecule has 1 heterocycles. The lowest BCUT2D eigenvalue weighted by Crippen LogP contribution is -2.35. The average Bonchev–Trinajstić information content (AvgIpc) is 3.27. The number of rotatable bonds is 13. The summed E-state index contributed by atoms with van der Waals surface area (Å²) in [6, 6.07) is 13.0. The highest BCUT2D eigenvalue weighted by atomic mass is 79.9. The fourth-order valence-corrected chi connectivity index (χ4v) is 5.79. The standard InChI is InChI=1S/C27H35BrN3O7P/c1-17(2)36-27(34)19(4)30-39(38-24-12-8-10-20-9-6-7-11-22(20)24)35-15-21-13-18(3)26(37-21)31(5)14-23(28)25(33)29-16-32/h6-12,14,16-19,21,26,30H,13,15H2,1-5H3,(H,29,32,33)/b23-14+/t18?,19?,21?,26?,39-/m1/s1.